The van der Waals surface area contributed by atoms with Crippen LogP contribution < -0.4 is 5.32 Å². The van der Waals surface area contributed by atoms with E-state index in [0.717, 1.165) is 0 Å². The second kappa shape index (κ2) is 13.1. The highest BCUT2D eigenvalue weighted by Gasteiger charge is 2.76. The minimum absolute atomic E-state index is 0.0180. The van der Waals surface area contributed by atoms with E-state index in [2.05, 4.69) is 10.2 Å². The number of Topliss-reactive ketones (excluding diaryl/α,β-unsaturated/α-hetero) is 1. The molecule has 0 spiro atoms. The van der Waals surface area contributed by atoms with Gasteiger partial charge >= 0.3 is 12.1 Å². The van der Waals surface area contributed by atoms with Crippen LogP contribution >= 0.6 is 0 Å². The van der Waals surface area contributed by atoms with Gasteiger partial charge in [-0.25, -0.2) is 9.18 Å². The number of carbonyl (C=O) groups excluding carboxylic acids is 4. The van der Waals surface area contributed by atoms with E-state index < -0.39 is 82.2 Å². The van der Waals surface area contributed by atoms with E-state index >= 15 is 4.39 Å². The number of allylic oxidation sites excluding steroid dienone is 4. The summed E-state index contributed by atoms with van der Waals surface area (Å²) in [6.07, 6.45) is 2.36. The Morgan fingerprint density at radius 2 is 1.78 bits per heavy atom. The summed E-state index contributed by atoms with van der Waals surface area (Å²) in [5.41, 5.74) is -6.82. The van der Waals surface area contributed by atoms with Gasteiger partial charge in [0.25, 0.3) is 5.09 Å². The van der Waals surface area contributed by atoms with Gasteiger partial charge in [-0.2, -0.15) is 0 Å². The Morgan fingerprint density at radius 1 is 1.09 bits per heavy atom. The summed E-state index contributed by atoms with van der Waals surface area (Å²) >= 11 is 0. The molecule has 0 radical (unpaired) electrons. The normalized spacial score (nSPS) is 36.6. The number of ketones is 2. The van der Waals surface area contributed by atoms with Crippen LogP contribution in [0.15, 0.2) is 23.8 Å². The van der Waals surface area contributed by atoms with Gasteiger partial charge in [0, 0.05) is 16.7 Å². The molecule has 4 N–H and O–H groups in total. The monoisotopic (exact) mass is 640 g/mol. The Hall–Kier alpha value is -3.43. The number of unbranched alkanes of at least 4 members (excludes halogenated alkanes) is 3. The topological polar surface area (TPSA) is 212 Å². The number of aliphatic hydroxyl groups is 3. The Kier molecular flexibility index (Phi) is 10.0. The van der Waals surface area contributed by atoms with Gasteiger partial charge in [0.15, 0.2) is 23.7 Å². The van der Waals surface area contributed by atoms with Gasteiger partial charge in [-0.1, -0.05) is 25.0 Å². The Morgan fingerprint density at radius 3 is 2.47 bits per heavy atom. The molecule has 14 nitrogen and oxygen atoms in total. The third kappa shape index (κ3) is 6.09. The molecule has 15 heteroatoms. The lowest BCUT2D eigenvalue weighted by molar-refractivity contribution is -0.757. The van der Waals surface area contributed by atoms with E-state index in [1.165, 1.54) is 25.2 Å². The Bertz CT molecular complexity index is 1270. The molecule has 250 valence electrons. The van der Waals surface area contributed by atoms with Gasteiger partial charge in [0.1, 0.15) is 6.54 Å². The highest BCUT2D eigenvalue weighted by atomic mass is 19.1. The average molecular weight is 641 g/mol. The van der Waals surface area contributed by atoms with Crippen molar-refractivity contribution >= 4 is 23.6 Å². The second-order valence-electron chi connectivity index (χ2n) is 12.8. The summed E-state index contributed by atoms with van der Waals surface area (Å²) in [5, 5.41) is 45.5. The smallest absolute Gasteiger partial charge is 0.407 e. The lowest BCUT2D eigenvalue weighted by Crippen LogP contribution is -2.69. The number of fused-ring (bicyclic) bond motifs is 5. The fourth-order valence-corrected chi connectivity index (χ4v) is 8.09. The molecule has 0 saturated heterocycles. The Balaban J connectivity index is 1.30. The number of aliphatic hydroxyl groups excluding tert-OH is 2. The molecule has 0 aromatic rings. The zero-order valence-corrected chi connectivity index (χ0v) is 25.4. The largest absolute Gasteiger partial charge is 0.456 e. The number of halogens is 1. The third-order valence-corrected chi connectivity index (χ3v) is 10.5. The van der Waals surface area contributed by atoms with E-state index in [-0.39, 0.29) is 38.3 Å². The van der Waals surface area contributed by atoms with Crippen molar-refractivity contribution in [1.82, 2.24) is 5.32 Å². The van der Waals surface area contributed by atoms with Crippen LogP contribution in [0.2, 0.25) is 0 Å². The van der Waals surface area contributed by atoms with E-state index in [1.54, 1.807) is 6.92 Å². The molecular formula is C30H41FN2O12. The fourth-order valence-electron chi connectivity index (χ4n) is 8.09. The summed E-state index contributed by atoms with van der Waals surface area (Å²) in [5.74, 6) is -3.83. The first-order chi connectivity index (χ1) is 21.1. The number of nitrogens with one attached hydrogen (secondary N) is 1. The zero-order valence-electron chi connectivity index (χ0n) is 25.4. The van der Waals surface area contributed by atoms with E-state index in [9.17, 15) is 44.6 Å². The molecule has 4 aliphatic rings. The SMILES string of the molecule is C[C@]12C=CC(=O)C=C1CC[C@H]1[C@@H]3C[C@@H](O)[C@](O)(C(=O)COC(=O)CNC(=O)OCCCCCCO[N+](=O)[O-])[C@@]3(C)C[C@H](O)[C@@]12F. The van der Waals surface area contributed by atoms with Crippen LogP contribution in [0.3, 0.4) is 0 Å². The predicted molar refractivity (Wildman–Crippen MR) is 151 cm³/mol. The maximum absolute atomic E-state index is 17.2. The van der Waals surface area contributed by atoms with Gasteiger partial charge in [-0.3, -0.25) is 14.4 Å². The van der Waals surface area contributed by atoms with Crippen molar-refractivity contribution in [1.29, 1.82) is 0 Å². The van der Waals surface area contributed by atoms with E-state index in [1.807, 2.05) is 0 Å². The Labute approximate surface area is 259 Å². The molecule has 0 heterocycles. The standard InChI is InChI=1S/C30H41FN2O12/c1-27-10-9-19(34)13-18(27)7-8-20-21-14-22(35)30(40,28(21,2)15-23(36)29(20,27)31)24(37)17-44-25(38)16-32-26(39)43-11-5-3-4-6-12-45-33(41)42/h9-10,13,20-23,35-36,40H,3-8,11-12,14-17H2,1-2H3,(H,32,39)/t20-,21-,22+,23-,27-,28-,29-,30-/m0/s1. The van der Waals surface area contributed by atoms with Crippen LogP contribution in [0.1, 0.15) is 65.2 Å². The first kappa shape index (κ1) is 34.4. The lowest BCUT2D eigenvalue weighted by atomic mass is 9.44. The van der Waals surface area contributed by atoms with Crippen molar-refractivity contribution in [3.05, 3.63) is 33.9 Å². The molecule has 4 rings (SSSR count). The number of alkyl halides is 1. The van der Waals surface area contributed by atoms with Gasteiger partial charge in [0.2, 0.25) is 5.78 Å². The number of esters is 1. The molecule has 4 aliphatic carbocycles. The van der Waals surface area contributed by atoms with Crippen LogP contribution in [0.5, 0.6) is 0 Å². The van der Waals surface area contributed by atoms with Gasteiger partial charge in [-0.15, -0.1) is 10.1 Å². The number of hydrogen-bond donors (Lipinski definition) is 4. The van der Waals surface area contributed by atoms with Gasteiger partial charge in [-0.05, 0) is 69.9 Å². The van der Waals surface area contributed by atoms with Crippen LogP contribution in [0.4, 0.5) is 9.18 Å². The van der Waals surface area contributed by atoms with Crippen molar-refractivity contribution in [2.75, 3.05) is 26.4 Å². The number of amides is 1. The number of hydrogen-bond acceptors (Lipinski definition) is 12. The molecule has 8 atom stereocenters. The number of alkyl carbamates (subject to hydrolysis) is 1. The van der Waals surface area contributed by atoms with Gasteiger partial charge in [0.05, 0.1) is 25.4 Å². The molecule has 0 unspecified atom stereocenters. The van der Waals surface area contributed by atoms with Crippen molar-refractivity contribution in [2.45, 2.75) is 88.7 Å². The molecule has 3 fully saturated rings. The summed E-state index contributed by atoms with van der Waals surface area (Å²) in [7, 11) is 0. The fraction of sp³-hybridized carbons (Fsp3) is 0.733. The summed E-state index contributed by atoms with van der Waals surface area (Å²) in [6, 6.07) is 0. The maximum Gasteiger partial charge on any atom is 0.407 e. The lowest BCUT2D eigenvalue weighted by Gasteiger charge is -2.62. The zero-order chi connectivity index (χ0) is 33.2. The molecule has 3 saturated carbocycles. The van der Waals surface area contributed by atoms with Crippen LogP contribution in [0, 0.1) is 32.8 Å². The highest BCUT2D eigenvalue weighted by Crippen LogP contribution is 2.69. The van der Waals surface area contributed by atoms with Crippen LogP contribution in [-0.2, 0) is 28.7 Å². The summed E-state index contributed by atoms with van der Waals surface area (Å²) < 4.78 is 27.1. The van der Waals surface area contributed by atoms with Crippen molar-refractivity contribution < 1.29 is 58.3 Å². The first-order valence-electron chi connectivity index (χ1n) is 15.2. The number of nitrogens with zero attached hydrogens (tertiary/aromatic N) is 1. The molecular weight excluding hydrogens is 599 g/mol. The minimum atomic E-state index is -2.45. The van der Waals surface area contributed by atoms with Crippen molar-refractivity contribution in [2.24, 2.45) is 22.7 Å². The highest BCUT2D eigenvalue weighted by molar-refractivity contribution is 6.01. The minimum Gasteiger partial charge on any atom is -0.456 e. The van der Waals surface area contributed by atoms with Crippen molar-refractivity contribution in [3.8, 4) is 0 Å². The molecule has 0 aliphatic heterocycles. The number of carbonyl (C=O) groups is 4. The molecule has 0 aromatic carbocycles. The molecule has 0 aromatic heterocycles. The molecule has 0 bridgehead atoms. The van der Waals surface area contributed by atoms with E-state index in [0.29, 0.717) is 37.7 Å². The number of ether oxygens (including phenoxy) is 2. The summed E-state index contributed by atoms with van der Waals surface area (Å²) in [6.45, 7) is 1.62. The average Bonchev–Trinajstić information content (AvgIpc) is 3.18. The first-order valence-corrected chi connectivity index (χ1v) is 15.2. The molecule has 45 heavy (non-hydrogen) atoms. The van der Waals surface area contributed by atoms with Gasteiger partial charge < -0.3 is 34.9 Å². The van der Waals surface area contributed by atoms with Crippen molar-refractivity contribution in [3.63, 3.8) is 0 Å². The third-order valence-electron chi connectivity index (χ3n) is 10.5. The van der Waals surface area contributed by atoms with E-state index in [4.69, 9.17) is 9.47 Å². The predicted octanol–water partition coefficient (Wildman–Crippen LogP) is 1.67. The second-order valence-corrected chi connectivity index (χ2v) is 12.8. The van der Waals surface area contributed by atoms with Crippen LogP contribution in [0.25, 0.3) is 0 Å². The maximum atomic E-state index is 17.2. The number of rotatable bonds is 13. The van der Waals surface area contributed by atoms with Crippen LogP contribution in [-0.4, -0.2) is 93.9 Å². The molecule has 1 amide bonds. The quantitative estimate of drug-likeness (QED) is 0.0980. The summed E-state index contributed by atoms with van der Waals surface area (Å²) in [4.78, 5) is 63.7.